The van der Waals surface area contributed by atoms with E-state index in [9.17, 15) is 4.79 Å². The second-order valence-electron chi connectivity index (χ2n) is 2.94. The molecule has 2 atom stereocenters. The summed E-state index contributed by atoms with van der Waals surface area (Å²) in [5.41, 5.74) is 0. The molecule has 0 radical (unpaired) electrons. The van der Waals surface area contributed by atoms with Gasteiger partial charge in [-0.05, 0) is 13.3 Å². The summed E-state index contributed by atoms with van der Waals surface area (Å²) in [4.78, 5) is 11.3. The third-order valence-electron chi connectivity index (χ3n) is 1.82. The van der Waals surface area contributed by atoms with Gasteiger partial charge in [0, 0.05) is 0 Å². The molecule has 0 aromatic heterocycles. The van der Waals surface area contributed by atoms with Gasteiger partial charge in [-0.15, -0.1) is 12.8 Å². The van der Waals surface area contributed by atoms with Gasteiger partial charge in [0.2, 0.25) is 5.91 Å². The summed E-state index contributed by atoms with van der Waals surface area (Å²) in [6.07, 6.45) is 11.1. The Labute approximate surface area is 85.6 Å². The molecule has 2 unspecified atom stereocenters. The van der Waals surface area contributed by atoms with Gasteiger partial charge in [0.15, 0.2) is 0 Å². The standard InChI is InChI=1S/C11H16N2O/c1-5-8-12-11(14)9(4)13-10(6-2)7-3/h1-2,9-10,13H,7-8H2,3-4H3,(H,12,14). The summed E-state index contributed by atoms with van der Waals surface area (Å²) in [6, 6.07) is -0.383. The van der Waals surface area contributed by atoms with Gasteiger partial charge in [-0.25, -0.2) is 0 Å². The van der Waals surface area contributed by atoms with Gasteiger partial charge >= 0.3 is 0 Å². The molecule has 0 bridgehead atoms. The maximum atomic E-state index is 11.3. The van der Waals surface area contributed by atoms with Crippen LogP contribution < -0.4 is 10.6 Å². The number of hydrogen-bond donors (Lipinski definition) is 2. The van der Waals surface area contributed by atoms with Crippen LogP contribution in [0.25, 0.3) is 0 Å². The predicted molar refractivity (Wildman–Crippen MR) is 57.4 cm³/mol. The Bertz CT molecular complexity index is 259. The molecule has 0 saturated heterocycles. The molecule has 0 aliphatic carbocycles. The Balaban J connectivity index is 3.96. The highest BCUT2D eigenvalue weighted by molar-refractivity contribution is 5.81. The third-order valence-corrected chi connectivity index (χ3v) is 1.82. The van der Waals surface area contributed by atoms with Gasteiger partial charge < -0.3 is 5.32 Å². The summed E-state index contributed by atoms with van der Waals surface area (Å²) < 4.78 is 0. The van der Waals surface area contributed by atoms with Crippen molar-refractivity contribution in [3.8, 4) is 24.7 Å². The monoisotopic (exact) mass is 192 g/mol. The molecule has 0 saturated carbocycles. The summed E-state index contributed by atoms with van der Waals surface area (Å²) in [7, 11) is 0. The van der Waals surface area contributed by atoms with Gasteiger partial charge in [-0.3, -0.25) is 10.1 Å². The van der Waals surface area contributed by atoms with E-state index in [1.165, 1.54) is 0 Å². The highest BCUT2D eigenvalue weighted by Gasteiger charge is 2.14. The van der Waals surface area contributed by atoms with Crippen LogP contribution in [0.3, 0.4) is 0 Å². The Morgan fingerprint density at radius 1 is 1.50 bits per heavy atom. The van der Waals surface area contributed by atoms with Crippen molar-refractivity contribution in [2.24, 2.45) is 0 Å². The number of nitrogens with one attached hydrogen (secondary N) is 2. The van der Waals surface area contributed by atoms with E-state index in [1.807, 2.05) is 6.92 Å². The van der Waals surface area contributed by atoms with Crippen LogP contribution in [0.4, 0.5) is 0 Å². The molecule has 0 spiro atoms. The smallest absolute Gasteiger partial charge is 0.237 e. The van der Waals surface area contributed by atoms with E-state index in [0.29, 0.717) is 0 Å². The zero-order chi connectivity index (χ0) is 11.0. The number of hydrogen-bond acceptors (Lipinski definition) is 2. The Morgan fingerprint density at radius 3 is 2.57 bits per heavy atom. The van der Waals surface area contributed by atoms with Crippen molar-refractivity contribution in [2.75, 3.05) is 6.54 Å². The van der Waals surface area contributed by atoms with Crippen molar-refractivity contribution in [2.45, 2.75) is 32.4 Å². The molecule has 0 aromatic carbocycles. The van der Waals surface area contributed by atoms with Gasteiger partial charge in [-0.1, -0.05) is 18.8 Å². The molecule has 2 N–H and O–H groups in total. The van der Waals surface area contributed by atoms with Crippen LogP contribution >= 0.6 is 0 Å². The fraction of sp³-hybridized carbons (Fsp3) is 0.545. The molecule has 0 aliphatic heterocycles. The van der Waals surface area contributed by atoms with E-state index >= 15 is 0 Å². The first-order valence-corrected chi connectivity index (χ1v) is 4.59. The van der Waals surface area contributed by atoms with Crippen LogP contribution in [0.15, 0.2) is 0 Å². The SMILES string of the molecule is C#CCNC(=O)C(C)NC(C#C)CC. The van der Waals surface area contributed by atoms with E-state index in [1.54, 1.807) is 6.92 Å². The molecule has 0 aliphatic rings. The lowest BCUT2D eigenvalue weighted by Crippen LogP contribution is -2.46. The van der Waals surface area contributed by atoms with Crippen molar-refractivity contribution in [3.63, 3.8) is 0 Å². The second kappa shape index (κ2) is 7.00. The second-order valence-corrected chi connectivity index (χ2v) is 2.94. The highest BCUT2D eigenvalue weighted by atomic mass is 16.2. The van der Waals surface area contributed by atoms with Crippen molar-refractivity contribution in [3.05, 3.63) is 0 Å². The van der Waals surface area contributed by atoms with Crippen LogP contribution in [-0.2, 0) is 4.79 Å². The number of amides is 1. The molecule has 0 heterocycles. The summed E-state index contributed by atoms with van der Waals surface area (Å²) >= 11 is 0. The number of carbonyl (C=O) groups excluding carboxylic acids is 1. The van der Waals surface area contributed by atoms with Crippen LogP contribution in [0.2, 0.25) is 0 Å². The lowest BCUT2D eigenvalue weighted by Gasteiger charge is -2.16. The average Bonchev–Trinajstić information content (AvgIpc) is 2.21. The molecular formula is C11H16N2O. The highest BCUT2D eigenvalue weighted by Crippen LogP contribution is 1.91. The molecule has 76 valence electrons. The molecule has 3 nitrogen and oxygen atoms in total. The van der Waals surface area contributed by atoms with Gasteiger partial charge in [0.1, 0.15) is 0 Å². The fourth-order valence-electron chi connectivity index (χ4n) is 0.953. The van der Waals surface area contributed by atoms with E-state index in [-0.39, 0.29) is 24.5 Å². The predicted octanol–water partition coefficient (Wildman–Crippen LogP) is 0.126. The quantitative estimate of drug-likeness (QED) is 0.608. The minimum absolute atomic E-state index is 0.0680. The minimum Gasteiger partial charge on any atom is -0.344 e. The summed E-state index contributed by atoms with van der Waals surface area (Å²) in [6.45, 7) is 3.97. The number of carbonyl (C=O) groups is 1. The molecular weight excluding hydrogens is 176 g/mol. The zero-order valence-corrected chi connectivity index (χ0v) is 8.63. The molecule has 14 heavy (non-hydrogen) atoms. The van der Waals surface area contributed by atoms with E-state index in [2.05, 4.69) is 22.5 Å². The molecule has 0 fully saturated rings. The maximum absolute atomic E-state index is 11.3. The van der Waals surface area contributed by atoms with E-state index in [0.717, 1.165) is 6.42 Å². The first kappa shape index (κ1) is 12.6. The van der Waals surface area contributed by atoms with E-state index < -0.39 is 0 Å². The topological polar surface area (TPSA) is 41.1 Å². The fourth-order valence-corrected chi connectivity index (χ4v) is 0.953. The largest absolute Gasteiger partial charge is 0.344 e. The Morgan fingerprint density at radius 2 is 2.14 bits per heavy atom. The molecule has 1 amide bonds. The minimum atomic E-state index is -0.315. The zero-order valence-electron chi connectivity index (χ0n) is 8.63. The summed E-state index contributed by atoms with van der Waals surface area (Å²) in [5, 5.41) is 5.59. The first-order chi connectivity index (χ1) is 6.65. The van der Waals surface area contributed by atoms with Crippen LogP contribution in [0, 0.1) is 24.7 Å². The van der Waals surface area contributed by atoms with Crippen LogP contribution in [0.5, 0.6) is 0 Å². The Kier molecular flexibility index (Phi) is 6.28. The third kappa shape index (κ3) is 4.54. The number of rotatable bonds is 5. The van der Waals surface area contributed by atoms with Crippen LogP contribution in [-0.4, -0.2) is 24.5 Å². The maximum Gasteiger partial charge on any atom is 0.237 e. The van der Waals surface area contributed by atoms with Gasteiger partial charge in [0.05, 0.1) is 18.6 Å². The Hall–Kier alpha value is -1.45. The van der Waals surface area contributed by atoms with Crippen molar-refractivity contribution in [1.29, 1.82) is 0 Å². The van der Waals surface area contributed by atoms with Crippen LogP contribution in [0.1, 0.15) is 20.3 Å². The molecule has 0 rings (SSSR count). The molecule has 0 aromatic rings. The van der Waals surface area contributed by atoms with Crippen molar-refractivity contribution in [1.82, 2.24) is 10.6 Å². The summed E-state index contributed by atoms with van der Waals surface area (Å²) in [5.74, 6) is 4.77. The average molecular weight is 192 g/mol. The van der Waals surface area contributed by atoms with Gasteiger partial charge in [0.25, 0.3) is 0 Å². The first-order valence-electron chi connectivity index (χ1n) is 4.59. The van der Waals surface area contributed by atoms with Crippen molar-refractivity contribution >= 4 is 5.91 Å². The molecule has 3 heteroatoms. The van der Waals surface area contributed by atoms with Crippen molar-refractivity contribution < 1.29 is 4.79 Å². The van der Waals surface area contributed by atoms with Gasteiger partial charge in [-0.2, -0.15) is 0 Å². The normalized spacial score (nSPS) is 13.4. The van der Waals surface area contributed by atoms with E-state index in [4.69, 9.17) is 12.8 Å². The number of terminal acetylenes is 2. The lowest BCUT2D eigenvalue weighted by molar-refractivity contribution is -0.122. The lowest BCUT2D eigenvalue weighted by atomic mass is 10.2.